The maximum Gasteiger partial charge on any atom is 0.254 e. The summed E-state index contributed by atoms with van der Waals surface area (Å²) in [6.45, 7) is 0. The van der Waals surface area contributed by atoms with Crippen LogP contribution >= 0.6 is 22.9 Å². The summed E-state index contributed by atoms with van der Waals surface area (Å²) >= 11 is 7.56. The van der Waals surface area contributed by atoms with Gasteiger partial charge in [0.2, 0.25) is 5.91 Å². The van der Waals surface area contributed by atoms with E-state index in [0.717, 1.165) is 30.4 Å². The Balaban J connectivity index is 1.80. The lowest BCUT2D eigenvalue weighted by molar-refractivity contribution is -0.111. The van der Waals surface area contributed by atoms with Crippen LogP contribution in [0.2, 0.25) is 5.02 Å². The van der Waals surface area contributed by atoms with Crippen LogP contribution in [-0.4, -0.2) is 18.9 Å². The molecule has 1 aliphatic rings. The molecule has 6 heteroatoms. The quantitative estimate of drug-likeness (QED) is 0.812. The van der Waals surface area contributed by atoms with E-state index in [4.69, 9.17) is 11.6 Å². The summed E-state index contributed by atoms with van der Waals surface area (Å²) < 4.78 is 0. The summed E-state index contributed by atoms with van der Waals surface area (Å²) in [4.78, 5) is 25.6. The lowest BCUT2D eigenvalue weighted by Gasteiger charge is -2.05. The minimum absolute atomic E-state index is 0.153. The Morgan fingerprint density at radius 2 is 2.04 bits per heavy atom. The van der Waals surface area contributed by atoms with Crippen LogP contribution in [-0.2, 0) is 17.6 Å². The van der Waals surface area contributed by atoms with Crippen molar-refractivity contribution in [2.45, 2.75) is 19.3 Å². The third-order valence-electron chi connectivity index (χ3n) is 3.93. The van der Waals surface area contributed by atoms with Crippen LogP contribution in [0.3, 0.4) is 0 Å². The lowest BCUT2D eigenvalue weighted by Crippen LogP contribution is -2.21. The van der Waals surface area contributed by atoms with Crippen molar-refractivity contribution in [3.05, 3.63) is 56.9 Å². The Morgan fingerprint density at radius 1 is 1.25 bits per heavy atom. The van der Waals surface area contributed by atoms with E-state index in [0.29, 0.717) is 15.6 Å². The van der Waals surface area contributed by atoms with Gasteiger partial charge < -0.3 is 10.6 Å². The molecule has 24 heavy (non-hydrogen) atoms. The molecule has 1 aromatic carbocycles. The van der Waals surface area contributed by atoms with E-state index < -0.39 is 0 Å². The third-order valence-corrected chi connectivity index (χ3v) is 5.48. The van der Waals surface area contributed by atoms with Gasteiger partial charge in [0, 0.05) is 23.0 Å². The zero-order valence-electron chi connectivity index (χ0n) is 13.2. The highest BCUT2D eigenvalue weighted by Crippen LogP contribution is 2.39. The molecule has 3 rings (SSSR count). The Labute approximate surface area is 149 Å². The maximum absolute atomic E-state index is 12.2. The zero-order chi connectivity index (χ0) is 17.1. The van der Waals surface area contributed by atoms with Crippen LogP contribution < -0.4 is 10.6 Å². The largest absolute Gasteiger partial charge is 0.355 e. The van der Waals surface area contributed by atoms with E-state index in [2.05, 4.69) is 10.6 Å². The summed E-state index contributed by atoms with van der Waals surface area (Å²) in [5.74, 6) is -0.431. The molecule has 1 heterocycles. The van der Waals surface area contributed by atoms with Gasteiger partial charge in [-0.1, -0.05) is 29.8 Å². The van der Waals surface area contributed by atoms with Crippen molar-refractivity contribution in [2.24, 2.45) is 0 Å². The molecule has 0 atom stereocenters. The number of nitrogens with one attached hydrogen (secondary N) is 2. The number of fused-ring (bicyclic) bond motifs is 1. The van der Waals surface area contributed by atoms with Gasteiger partial charge in [0.15, 0.2) is 0 Å². The molecule has 1 aromatic heterocycles. The van der Waals surface area contributed by atoms with Gasteiger partial charge in [-0.25, -0.2) is 0 Å². The smallest absolute Gasteiger partial charge is 0.254 e. The molecule has 0 radical (unpaired) electrons. The summed E-state index contributed by atoms with van der Waals surface area (Å²) in [5.41, 5.74) is 2.45. The van der Waals surface area contributed by atoms with Crippen LogP contribution in [0.1, 0.15) is 32.8 Å². The number of hydrogen-bond donors (Lipinski definition) is 2. The number of amides is 2. The van der Waals surface area contributed by atoms with Gasteiger partial charge in [-0.3, -0.25) is 9.59 Å². The van der Waals surface area contributed by atoms with Gasteiger partial charge >= 0.3 is 0 Å². The van der Waals surface area contributed by atoms with E-state index in [1.165, 1.54) is 22.3 Å². The first-order valence-corrected chi connectivity index (χ1v) is 8.90. The average Bonchev–Trinajstić information content (AvgIpc) is 3.14. The number of aryl methyl sites for hydroxylation is 1. The van der Waals surface area contributed by atoms with Crippen LogP contribution in [0, 0.1) is 0 Å². The molecule has 0 aliphatic heterocycles. The number of benzene rings is 1. The lowest BCUT2D eigenvalue weighted by atomic mass is 10.1. The normalized spacial score (nSPS) is 13.1. The average molecular weight is 361 g/mol. The van der Waals surface area contributed by atoms with Crippen molar-refractivity contribution >= 4 is 45.8 Å². The number of thiophene rings is 1. The van der Waals surface area contributed by atoms with E-state index in [1.807, 2.05) is 18.2 Å². The number of halogens is 1. The molecule has 0 fully saturated rings. The van der Waals surface area contributed by atoms with Gasteiger partial charge in [-0.15, -0.1) is 11.3 Å². The van der Waals surface area contributed by atoms with Crippen LogP contribution in [0.5, 0.6) is 0 Å². The van der Waals surface area contributed by atoms with E-state index in [1.54, 1.807) is 19.2 Å². The fourth-order valence-corrected chi connectivity index (χ4v) is 4.28. The Hall–Kier alpha value is -2.11. The monoisotopic (exact) mass is 360 g/mol. The topological polar surface area (TPSA) is 58.2 Å². The molecule has 0 saturated carbocycles. The van der Waals surface area contributed by atoms with Gasteiger partial charge in [0.25, 0.3) is 5.91 Å². The molecule has 0 saturated heterocycles. The van der Waals surface area contributed by atoms with E-state index >= 15 is 0 Å². The number of rotatable bonds is 4. The molecule has 124 valence electrons. The second-order valence-electron chi connectivity index (χ2n) is 5.48. The first-order chi connectivity index (χ1) is 11.6. The number of anilines is 1. The van der Waals surface area contributed by atoms with Crippen molar-refractivity contribution in [3.8, 4) is 0 Å². The van der Waals surface area contributed by atoms with Crippen LogP contribution in [0.4, 0.5) is 5.00 Å². The molecule has 4 nitrogen and oxygen atoms in total. The maximum atomic E-state index is 12.2. The Kier molecular flexibility index (Phi) is 5.02. The van der Waals surface area contributed by atoms with Gasteiger partial charge in [-0.05, 0) is 42.5 Å². The van der Waals surface area contributed by atoms with Gasteiger partial charge in [0.1, 0.15) is 5.00 Å². The fourth-order valence-electron chi connectivity index (χ4n) is 2.79. The molecular weight excluding hydrogens is 344 g/mol. The highest BCUT2D eigenvalue weighted by Gasteiger charge is 2.26. The third kappa shape index (κ3) is 3.37. The minimum atomic E-state index is -0.278. The molecular formula is C18H17ClN2O2S. The summed E-state index contributed by atoms with van der Waals surface area (Å²) in [5, 5.41) is 6.70. The van der Waals surface area contributed by atoms with Crippen molar-refractivity contribution in [2.75, 3.05) is 12.4 Å². The minimum Gasteiger partial charge on any atom is -0.355 e. The Morgan fingerprint density at radius 3 is 2.79 bits per heavy atom. The molecule has 0 bridgehead atoms. The molecule has 2 aromatic rings. The van der Waals surface area contributed by atoms with Crippen LogP contribution in [0.25, 0.3) is 6.08 Å². The predicted molar refractivity (Wildman–Crippen MR) is 98.8 cm³/mol. The number of carbonyl (C=O) groups is 2. The Bertz CT molecular complexity index is 826. The number of carbonyl (C=O) groups excluding carboxylic acids is 2. The predicted octanol–water partition coefficient (Wildman–Crippen LogP) is 3.90. The van der Waals surface area contributed by atoms with E-state index in [9.17, 15) is 9.59 Å². The summed E-state index contributed by atoms with van der Waals surface area (Å²) in [7, 11) is 1.60. The second-order valence-corrected chi connectivity index (χ2v) is 7.00. The highest BCUT2D eigenvalue weighted by molar-refractivity contribution is 7.17. The van der Waals surface area contributed by atoms with Gasteiger partial charge in [-0.2, -0.15) is 0 Å². The van der Waals surface area contributed by atoms with Crippen molar-refractivity contribution in [1.82, 2.24) is 5.32 Å². The SMILES string of the molecule is CNC(=O)c1c(NC(=O)C=Cc2ccccc2Cl)sc2c1CCC2. The standard InChI is InChI=1S/C18H17ClN2O2S/c1-20-17(23)16-12-6-4-8-14(12)24-18(16)21-15(22)10-9-11-5-2-3-7-13(11)19/h2-3,5,7,9-10H,4,6,8H2,1H3,(H,20,23)(H,21,22). The molecule has 2 N–H and O–H groups in total. The molecule has 2 amide bonds. The van der Waals surface area contributed by atoms with Crippen molar-refractivity contribution in [3.63, 3.8) is 0 Å². The number of hydrogen-bond acceptors (Lipinski definition) is 3. The van der Waals surface area contributed by atoms with Crippen LogP contribution in [0.15, 0.2) is 30.3 Å². The molecule has 1 aliphatic carbocycles. The summed E-state index contributed by atoms with van der Waals surface area (Å²) in [6.07, 6.45) is 6.01. The fraction of sp³-hybridized carbons (Fsp3) is 0.222. The van der Waals surface area contributed by atoms with Gasteiger partial charge in [0.05, 0.1) is 5.56 Å². The second kappa shape index (κ2) is 7.20. The molecule has 0 unspecified atom stereocenters. The van der Waals surface area contributed by atoms with E-state index in [-0.39, 0.29) is 11.8 Å². The molecule has 0 spiro atoms. The first-order valence-electron chi connectivity index (χ1n) is 7.70. The van der Waals surface area contributed by atoms with Crippen molar-refractivity contribution in [1.29, 1.82) is 0 Å². The van der Waals surface area contributed by atoms with Crippen molar-refractivity contribution < 1.29 is 9.59 Å². The highest BCUT2D eigenvalue weighted by atomic mass is 35.5. The first kappa shape index (κ1) is 16.7. The summed E-state index contributed by atoms with van der Waals surface area (Å²) in [6, 6.07) is 7.30. The zero-order valence-corrected chi connectivity index (χ0v) is 14.8.